The Hall–Kier alpha value is -3.53. The molecule has 0 aliphatic heterocycles. The second-order valence-corrected chi connectivity index (χ2v) is 8.83. The SMILES string of the molecule is CCOc1c(/C(C)=C/C(=O)NCC(C)C)cc2c(-c3cccc4ccccc34)coc2c1C. The third-order valence-corrected chi connectivity index (χ3v) is 5.87. The highest BCUT2D eigenvalue weighted by Crippen LogP contribution is 2.42. The van der Waals surface area contributed by atoms with Gasteiger partial charge >= 0.3 is 0 Å². The normalized spacial score (nSPS) is 12.0. The largest absolute Gasteiger partial charge is 0.493 e. The summed E-state index contributed by atoms with van der Waals surface area (Å²) in [5.41, 5.74) is 5.66. The third kappa shape index (κ3) is 4.51. The molecule has 0 unspecified atom stereocenters. The summed E-state index contributed by atoms with van der Waals surface area (Å²) < 4.78 is 12.1. The number of fused-ring (bicyclic) bond motifs is 2. The van der Waals surface area contributed by atoms with E-state index < -0.39 is 0 Å². The Kier molecular flexibility index (Phi) is 6.55. The van der Waals surface area contributed by atoms with Gasteiger partial charge in [-0.3, -0.25) is 4.79 Å². The number of ether oxygens (including phenoxy) is 1. The highest BCUT2D eigenvalue weighted by molar-refractivity contribution is 6.07. The first-order chi connectivity index (χ1) is 15.9. The molecule has 0 saturated heterocycles. The van der Waals surface area contributed by atoms with Crippen LogP contribution in [0, 0.1) is 12.8 Å². The van der Waals surface area contributed by atoms with Crippen molar-refractivity contribution in [2.75, 3.05) is 13.2 Å². The molecule has 1 aromatic heterocycles. The predicted octanol–water partition coefficient (Wildman–Crippen LogP) is 7.14. The Labute approximate surface area is 195 Å². The maximum atomic E-state index is 12.5. The molecule has 0 atom stereocenters. The lowest BCUT2D eigenvalue weighted by Crippen LogP contribution is -2.25. The molecule has 1 amide bonds. The first kappa shape index (κ1) is 22.7. The molecule has 0 fully saturated rings. The van der Waals surface area contributed by atoms with Crippen molar-refractivity contribution in [2.24, 2.45) is 5.92 Å². The van der Waals surface area contributed by atoms with Gasteiger partial charge in [0.05, 0.1) is 12.9 Å². The fourth-order valence-corrected chi connectivity index (χ4v) is 4.24. The van der Waals surface area contributed by atoms with Crippen molar-refractivity contribution in [3.63, 3.8) is 0 Å². The van der Waals surface area contributed by atoms with Gasteiger partial charge in [0.15, 0.2) is 0 Å². The molecule has 0 spiro atoms. The monoisotopic (exact) mass is 441 g/mol. The van der Waals surface area contributed by atoms with Crippen LogP contribution in [0.1, 0.15) is 38.8 Å². The average Bonchev–Trinajstić information content (AvgIpc) is 3.23. The summed E-state index contributed by atoms with van der Waals surface area (Å²) in [6.45, 7) is 11.3. The van der Waals surface area contributed by atoms with Gasteiger partial charge in [0.25, 0.3) is 0 Å². The maximum absolute atomic E-state index is 12.5. The van der Waals surface area contributed by atoms with Crippen LogP contribution >= 0.6 is 0 Å². The molecule has 4 heteroatoms. The van der Waals surface area contributed by atoms with Crippen LogP contribution < -0.4 is 10.1 Å². The van der Waals surface area contributed by atoms with E-state index in [1.54, 1.807) is 6.08 Å². The van der Waals surface area contributed by atoms with E-state index in [0.717, 1.165) is 44.5 Å². The van der Waals surface area contributed by atoms with Gasteiger partial charge in [0.2, 0.25) is 5.91 Å². The number of amides is 1. The van der Waals surface area contributed by atoms with E-state index >= 15 is 0 Å². The molecule has 1 heterocycles. The van der Waals surface area contributed by atoms with Crippen molar-refractivity contribution < 1.29 is 13.9 Å². The Balaban J connectivity index is 1.88. The molecular weight excluding hydrogens is 410 g/mol. The summed E-state index contributed by atoms with van der Waals surface area (Å²) in [5.74, 6) is 1.06. The number of aryl methyl sites for hydroxylation is 1. The van der Waals surface area contributed by atoms with Crippen LogP contribution in [0.4, 0.5) is 0 Å². The molecule has 0 bridgehead atoms. The number of carbonyl (C=O) groups is 1. The van der Waals surface area contributed by atoms with Crippen LogP contribution in [-0.2, 0) is 4.79 Å². The lowest BCUT2D eigenvalue weighted by molar-refractivity contribution is -0.116. The second kappa shape index (κ2) is 9.53. The van der Waals surface area contributed by atoms with Crippen LogP contribution in [0.25, 0.3) is 38.4 Å². The minimum absolute atomic E-state index is 0.0946. The fourth-order valence-electron chi connectivity index (χ4n) is 4.24. The van der Waals surface area contributed by atoms with Crippen molar-refractivity contribution in [1.29, 1.82) is 0 Å². The summed E-state index contributed by atoms with van der Waals surface area (Å²) >= 11 is 0. The number of nitrogens with one attached hydrogen (secondary N) is 1. The van der Waals surface area contributed by atoms with Gasteiger partial charge in [-0.05, 0) is 54.7 Å². The first-order valence-electron chi connectivity index (χ1n) is 11.5. The van der Waals surface area contributed by atoms with Gasteiger partial charge in [-0.2, -0.15) is 0 Å². The van der Waals surface area contributed by atoms with E-state index in [4.69, 9.17) is 9.15 Å². The summed E-state index contributed by atoms with van der Waals surface area (Å²) in [7, 11) is 0. The highest BCUT2D eigenvalue weighted by Gasteiger charge is 2.20. The lowest BCUT2D eigenvalue weighted by Gasteiger charge is -2.15. The van der Waals surface area contributed by atoms with Gasteiger partial charge in [-0.1, -0.05) is 56.3 Å². The highest BCUT2D eigenvalue weighted by atomic mass is 16.5. The standard InChI is InChI=1S/C29H31NO3/c1-6-32-28-20(5)29-25(15-24(28)19(4)14-27(31)30-16-18(2)3)26(17-33-29)23-13-9-11-21-10-7-8-12-22(21)23/h7-15,17-18H,6,16H2,1-5H3,(H,30,31)/b19-14+. The van der Waals surface area contributed by atoms with E-state index in [1.165, 1.54) is 10.8 Å². The van der Waals surface area contributed by atoms with E-state index in [-0.39, 0.29) is 5.91 Å². The lowest BCUT2D eigenvalue weighted by atomic mass is 9.94. The summed E-state index contributed by atoms with van der Waals surface area (Å²) in [4.78, 5) is 12.5. The smallest absolute Gasteiger partial charge is 0.244 e. The Bertz CT molecular complexity index is 1340. The number of benzene rings is 3. The van der Waals surface area contributed by atoms with Gasteiger partial charge in [0, 0.05) is 34.7 Å². The van der Waals surface area contributed by atoms with Crippen LogP contribution in [0.5, 0.6) is 5.75 Å². The van der Waals surface area contributed by atoms with Gasteiger partial charge < -0.3 is 14.5 Å². The molecule has 3 aromatic carbocycles. The Morgan fingerprint density at radius 1 is 1.09 bits per heavy atom. The number of allylic oxidation sites excluding steroid dienone is 1. The summed E-state index contributed by atoms with van der Waals surface area (Å²) in [6.07, 6.45) is 3.48. The molecule has 0 aliphatic rings. The van der Waals surface area contributed by atoms with E-state index in [0.29, 0.717) is 19.1 Å². The minimum atomic E-state index is -0.0946. The van der Waals surface area contributed by atoms with E-state index in [9.17, 15) is 4.79 Å². The second-order valence-electron chi connectivity index (χ2n) is 8.83. The zero-order valence-electron chi connectivity index (χ0n) is 20.0. The van der Waals surface area contributed by atoms with Gasteiger partial charge in [0.1, 0.15) is 11.3 Å². The number of carbonyl (C=O) groups excluding carboxylic acids is 1. The van der Waals surface area contributed by atoms with Crippen molar-refractivity contribution in [3.8, 4) is 16.9 Å². The molecule has 4 rings (SSSR count). The fraction of sp³-hybridized carbons (Fsp3) is 0.276. The molecule has 4 nitrogen and oxygen atoms in total. The average molecular weight is 442 g/mol. The molecule has 0 aliphatic carbocycles. The topological polar surface area (TPSA) is 51.5 Å². The van der Waals surface area contributed by atoms with Gasteiger partial charge in [-0.25, -0.2) is 0 Å². The van der Waals surface area contributed by atoms with Crippen LogP contribution in [0.3, 0.4) is 0 Å². The minimum Gasteiger partial charge on any atom is -0.493 e. The number of furan rings is 1. The van der Waals surface area contributed by atoms with E-state index in [1.807, 2.05) is 27.0 Å². The molecule has 4 aromatic rings. The van der Waals surface area contributed by atoms with Crippen LogP contribution in [0.15, 0.2) is 65.3 Å². The zero-order chi connectivity index (χ0) is 23.5. The van der Waals surface area contributed by atoms with Crippen molar-refractivity contribution in [3.05, 3.63) is 72.0 Å². The van der Waals surface area contributed by atoms with E-state index in [2.05, 4.69) is 67.7 Å². The van der Waals surface area contributed by atoms with Crippen molar-refractivity contribution in [1.82, 2.24) is 5.32 Å². The number of rotatable bonds is 7. The summed E-state index contributed by atoms with van der Waals surface area (Å²) in [6, 6.07) is 16.8. The molecular formula is C29H31NO3. The first-order valence-corrected chi connectivity index (χ1v) is 11.5. The molecule has 1 N–H and O–H groups in total. The zero-order valence-corrected chi connectivity index (χ0v) is 20.0. The van der Waals surface area contributed by atoms with Crippen molar-refractivity contribution in [2.45, 2.75) is 34.6 Å². The molecule has 33 heavy (non-hydrogen) atoms. The predicted molar refractivity (Wildman–Crippen MR) is 137 cm³/mol. The van der Waals surface area contributed by atoms with Gasteiger partial charge in [-0.15, -0.1) is 0 Å². The summed E-state index contributed by atoms with van der Waals surface area (Å²) in [5, 5.41) is 6.34. The quantitative estimate of drug-likeness (QED) is 0.310. The molecule has 170 valence electrons. The Morgan fingerprint density at radius 2 is 1.85 bits per heavy atom. The Morgan fingerprint density at radius 3 is 2.61 bits per heavy atom. The van der Waals surface area contributed by atoms with Crippen molar-refractivity contribution >= 4 is 33.2 Å². The third-order valence-electron chi connectivity index (χ3n) is 5.87. The number of hydrogen-bond donors (Lipinski definition) is 1. The van der Waals surface area contributed by atoms with Crippen LogP contribution in [-0.4, -0.2) is 19.1 Å². The molecule has 0 saturated carbocycles. The number of hydrogen-bond acceptors (Lipinski definition) is 3. The maximum Gasteiger partial charge on any atom is 0.244 e. The molecule has 0 radical (unpaired) electrons. The van der Waals surface area contributed by atoms with Crippen LogP contribution in [0.2, 0.25) is 0 Å².